The Balaban J connectivity index is 1.80. The van der Waals surface area contributed by atoms with Crippen LogP contribution >= 0.6 is 0 Å². The van der Waals surface area contributed by atoms with Crippen molar-refractivity contribution >= 4 is 15.9 Å². The molecule has 2 aliphatic rings. The first-order chi connectivity index (χ1) is 12.4. The van der Waals surface area contributed by atoms with E-state index < -0.39 is 16.1 Å². The van der Waals surface area contributed by atoms with E-state index in [0.717, 1.165) is 12.8 Å². The third-order valence-corrected chi connectivity index (χ3v) is 6.64. The maximum atomic E-state index is 13.1. The highest BCUT2D eigenvalue weighted by Gasteiger charge is 2.40. The van der Waals surface area contributed by atoms with Crippen LogP contribution in [0.25, 0.3) is 0 Å². The van der Waals surface area contributed by atoms with Crippen molar-refractivity contribution in [2.24, 2.45) is 0 Å². The van der Waals surface area contributed by atoms with Gasteiger partial charge in [-0.25, -0.2) is 8.42 Å². The lowest BCUT2D eigenvalue weighted by Crippen LogP contribution is -2.48. The predicted molar refractivity (Wildman–Crippen MR) is 96.9 cm³/mol. The normalized spacial score (nSPS) is 21.4. The van der Waals surface area contributed by atoms with Gasteiger partial charge < -0.3 is 14.8 Å². The second kappa shape index (κ2) is 7.84. The number of nitrogens with one attached hydrogen (secondary N) is 1. The molecule has 2 atom stereocenters. The zero-order chi connectivity index (χ0) is 18.7. The summed E-state index contributed by atoms with van der Waals surface area (Å²) in [6, 6.07) is 3.97. The van der Waals surface area contributed by atoms with Gasteiger partial charge in [0.1, 0.15) is 19.3 Å². The van der Waals surface area contributed by atoms with E-state index in [2.05, 4.69) is 12.2 Å². The molecule has 1 aromatic carbocycles. The molecule has 7 nitrogen and oxygen atoms in total. The number of carbonyl (C=O) groups is 1. The van der Waals surface area contributed by atoms with Gasteiger partial charge in [-0.15, -0.1) is 0 Å². The molecule has 144 valence electrons. The number of sulfonamides is 1. The first-order valence-corrected chi connectivity index (χ1v) is 10.6. The molecule has 26 heavy (non-hydrogen) atoms. The Hall–Kier alpha value is -1.80. The van der Waals surface area contributed by atoms with E-state index in [1.807, 2.05) is 6.92 Å². The number of rotatable bonds is 6. The Morgan fingerprint density at radius 1 is 1.31 bits per heavy atom. The van der Waals surface area contributed by atoms with E-state index in [1.165, 1.54) is 16.4 Å². The number of carbonyl (C=O) groups excluding carboxylic acids is 1. The molecule has 2 heterocycles. The van der Waals surface area contributed by atoms with Gasteiger partial charge in [-0.3, -0.25) is 4.79 Å². The van der Waals surface area contributed by atoms with Crippen LogP contribution in [0.2, 0.25) is 0 Å². The van der Waals surface area contributed by atoms with Gasteiger partial charge in [0.25, 0.3) is 0 Å². The highest BCUT2D eigenvalue weighted by Crippen LogP contribution is 2.34. The van der Waals surface area contributed by atoms with E-state index in [4.69, 9.17) is 9.47 Å². The van der Waals surface area contributed by atoms with Crippen LogP contribution in [-0.4, -0.2) is 50.5 Å². The average Bonchev–Trinajstić information content (AvgIpc) is 3.12. The fourth-order valence-corrected chi connectivity index (χ4v) is 5.13. The monoisotopic (exact) mass is 382 g/mol. The number of nitrogens with zero attached hydrogens (tertiary/aromatic N) is 1. The van der Waals surface area contributed by atoms with E-state index in [-0.39, 0.29) is 16.8 Å². The molecule has 0 aliphatic carbocycles. The quantitative estimate of drug-likeness (QED) is 0.812. The van der Waals surface area contributed by atoms with E-state index in [0.29, 0.717) is 44.1 Å². The summed E-state index contributed by atoms with van der Waals surface area (Å²) in [6.07, 6.45) is 3.04. The molecular formula is C18H26N2O5S. The minimum atomic E-state index is -3.78. The number of hydrogen-bond donors (Lipinski definition) is 1. The first kappa shape index (κ1) is 19.0. The molecule has 3 rings (SSSR count). The zero-order valence-electron chi connectivity index (χ0n) is 15.2. The maximum absolute atomic E-state index is 13.1. The lowest BCUT2D eigenvalue weighted by molar-refractivity contribution is -0.124. The third kappa shape index (κ3) is 3.81. The van der Waals surface area contributed by atoms with Crippen LogP contribution in [0.4, 0.5) is 0 Å². The van der Waals surface area contributed by atoms with Crippen molar-refractivity contribution in [3.8, 4) is 11.5 Å². The highest BCUT2D eigenvalue weighted by molar-refractivity contribution is 7.89. The van der Waals surface area contributed by atoms with Gasteiger partial charge in [0.05, 0.1) is 4.90 Å². The largest absolute Gasteiger partial charge is 0.486 e. The smallest absolute Gasteiger partial charge is 0.243 e. The van der Waals surface area contributed by atoms with Crippen LogP contribution in [0.3, 0.4) is 0 Å². The van der Waals surface area contributed by atoms with Crippen LogP contribution in [0.5, 0.6) is 11.5 Å². The molecule has 0 bridgehead atoms. The molecule has 1 fully saturated rings. The zero-order valence-corrected chi connectivity index (χ0v) is 16.0. The summed E-state index contributed by atoms with van der Waals surface area (Å²) >= 11 is 0. The summed E-state index contributed by atoms with van der Waals surface area (Å²) in [5, 5.41) is 2.94. The number of hydrogen-bond acceptors (Lipinski definition) is 5. The fourth-order valence-electron chi connectivity index (χ4n) is 3.45. The van der Waals surface area contributed by atoms with Gasteiger partial charge >= 0.3 is 0 Å². The Labute approximate surface area is 154 Å². The van der Waals surface area contributed by atoms with Crippen molar-refractivity contribution in [2.45, 2.75) is 56.5 Å². The molecule has 1 amide bonds. The lowest BCUT2D eigenvalue weighted by atomic mass is 10.1. The number of amides is 1. The van der Waals surface area contributed by atoms with Crippen LogP contribution in [0.15, 0.2) is 23.1 Å². The van der Waals surface area contributed by atoms with E-state index in [1.54, 1.807) is 6.07 Å². The topological polar surface area (TPSA) is 84.9 Å². The maximum Gasteiger partial charge on any atom is 0.243 e. The molecule has 0 radical (unpaired) electrons. The fraction of sp³-hybridized carbons (Fsp3) is 0.611. The van der Waals surface area contributed by atoms with Crippen molar-refractivity contribution in [3.63, 3.8) is 0 Å². The van der Waals surface area contributed by atoms with Crippen LogP contribution in [-0.2, 0) is 14.8 Å². The lowest BCUT2D eigenvalue weighted by Gasteiger charge is -2.26. The second-order valence-electron chi connectivity index (χ2n) is 6.78. The second-order valence-corrected chi connectivity index (χ2v) is 8.67. The van der Waals surface area contributed by atoms with Crippen LogP contribution < -0.4 is 14.8 Å². The molecule has 1 saturated heterocycles. The summed E-state index contributed by atoms with van der Waals surface area (Å²) in [7, 11) is -3.78. The van der Waals surface area contributed by atoms with E-state index in [9.17, 15) is 13.2 Å². The molecule has 8 heteroatoms. The van der Waals surface area contributed by atoms with Gasteiger partial charge in [-0.2, -0.15) is 4.31 Å². The van der Waals surface area contributed by atoms with Crippen molar-refractivity contribution in [2.75, 3.05) is 19.8 Å². The Kier molecular flexibility index (Phi) is 5.72. The van der Waals surface area contributed by atoms with Crippen molar-refractivity contribution in [1.82, 2.24) is 9.62 Å². The standard InChI is InChI=1S/C18H26N2O5S/c1-3-5-13(2)19-18(21)15-6-4-9-20(15)26(22,23)14-7-8-16-17(12-14)25-11-10-24-16/h7-8,12-13,15H,3-6,9-11H2,1-2H3,(H,19,21)/t13-,15+/m1/s1. The molecule has 0 unspecified atom stereocenters. The Morgan fingerprint density at radius 2 is 2.04 bits per heavy atom. The highest BCUT2D eigenvalue weighted by atomic mass is 32.2. The molecule has 1 aromatic rings. The molecule has 2 aliphatic heterocycles. The Morgan fingerprint density at radius 3 is 2.77 bits per heavy atom. The number of ether oxygens (including phenoxy) is 2. The summed E-state index contributed by atoms with van der Waals surface area (Å²) in [5.41, 5.74) is 0. The first-order valence-electron chi connectivity index (χ1n) is 9.15. The molecule has 1 N–H and O–H groups in total. The third-order valence-electron chi connectivity index (χ3n) is 4.74. The van der Waals surface area contributed by atoms with Gasteiger partial charge in [-0.05, 0) is 38.3 Å². The van der Waals surface area contributed by atoms with Gasteiger partial charge in [-0.1, -0.05) is 13.3 Å². The number of fused-ring (bicyclic) bond motifs is 1. The minimum absolute atomic E-state index is 0.0342. The SMILES string of the molecule is CCC[C@@H](C)NC(=O)[C@@H]1CCCN1S(=O)(=O)c1ccc2c(c1)OCCO2. The minimum Gasteiger partial charge on any atom is -0.486 e. The van der Waals surface area contributed by atoms with Gasteiger partial charge in [0.2, 0.25) is 15.9 Å². The van der Waals surface area contributed by atoms with Crippen LogP contribution in [0.1, 0.15) is 39.5 Å². The average molecular weight is 382 g/mol. The molecule has 0 aromatic heterocycles. The molecule has 0 spiro atoms. The van der Waals surface area contributed by atoms with Crippen molar-refractivity contribution in [1.29, 1.82) is 0 Å². The predicted octanol–water partition coefficient (Wildman–Crippen LogP) is 1.92. The summed E-state index contributed by atoms with van der Waals surface area (Å²) in [4.78, 5) is 12.7. The molecule has 0 saturated carbocycles. The van der Waals surface area contributed by atoms with Crippen molar-refractivity contribution in [3.05, 3.63) is 18.2 Å². The van der Waals surface area contributed by atoms with Crippen molar-refractivity contribution < 1.29 is 22.7 Å². The summed E-state index contributed by atoms with van der Waals surface area (Å²) in [5.74, 6) is 0.748. The summed E-state index contributed by atoms with van der Waals surface area (Å²) < 4.78 is 38.4. The van der Waals surface area contributed by atoms with Crippen LogP contribution in [0, 0.1) is 0 Å². The van der Waals surface area contributed by atoms with Gasteiger partial charge in [0.15, 0.2) is 11.5 Å². The summed E-state index contributed by atoms with van der Waals surface area (Å²) in [6.45, 7) is 5.17. The van der Waals surface area contributed by atoms with Gasteiger partial charge in [0, 0.05) is 18.7 Å². The van der Waals surface area contributed by atoms with E-state index >= 15 is 0 Å². The number of benzene rings is 1. The Bertz CT molecular complexity index is 765. The molecular weight excluding hydrogens is 356 g/mol.